The molecule has 1 aliphatic heterocycles. The van der Waals surface area contributed by atoms with E-state index in [-0.39, 0.29) is 34.9 Å². The maximum absolute atomic E-state index is 13.8. The second kappa shape index (κ2) is 8.18. The molecule has 5 nitrogen and oxygen atoms in total. The number of fused-ring (bicyclic) bond motifs is 1. The van der Waals surface area contributed by atoms with E-state index in [4.69, 9.17) is 23.2 Å². The first kappa shape index (κ1) is 19.9. The van der Waals surface area contributed by atoms with Crippen molar-refractivity contribution in [1.82, 2.24) is 9.97 Å². The molecule has 1 amide bonds. The van der Waals surface area contributed by atoms with Crippen molar-refractivity contribution in [3.05, 3.63) is 85.4 Å². The van der Waals surface area contributed by atoms with Gasteiger partial charge in [-0.05, 0) is 29.3 Å². The Labute approximate surface area is 179 Å². The predicted octanol–water partition coefficient (Wildman–Crippen LogP) is 4.98. The number of carbonyl (C=O) groups excluding carboxylic acids is 1. The number of hydrogen-bond donors (Lipinski definition) is 2. The quantitative estimate of drug-likeness (QED) is 0.434. The summed E-state index contributed by atoms with van der Waals surface area (Å²) in [6.45, 7) is 0. The predicted molar refractivity (Wildman–Crippen MR) is 112 cm³/mol. The van der Waals surface area contributed by atoms with Crippen LogP contribution in [0.1, 0.15) is 29.0 Å². The summed E-state index contributed by atoms with van der Waals surface area (Å²) in [6, 6.07) is 11.4. The van der Waals surface area contributed by atoms with Crippen molar-refractivity contribution in [1.29, 1.82) is 0 Å². The normalized spacial score (nSPS) is 15.7. The molecule has 2 aromatic carbocycles. The lowest BCUT2D eigenvalue weighted by molar-refractivity contribution is -0.116. The third kappa shape index (κ3) is 4.03. The molecule has 0 fully saturated rings. The van der Waals surface area contributed by atoms with Gasteiger partial charge in [-0.15, -0.1) is 0 Å². The molecule has 148 valence electrons. The Morgan fingerprint density at radius 2 is 1.79 bits per heavy atom. The average Bonchev–Trinajstić information content (AvgIpc) is 2.66. The van der Waals surface area contributed by atoms with E-state index in [0.717, 1.165) is 0 Å². The van der Waals surface area contributed by atoms with Crippen molar-refractivity contribution in [2.45, 2.75) is 23.2 Å². The fourth-order valence-electron chi connectivity index (χ4n) is 3.27. The lowest BCUT2D eigenvalue weighted by Gasteiger charge is -2.25. The largest absolute Gasteiger partial charge is 0.310 e. The van der Waals surface area contributed by atoms with E-state index in [1.165, 1.54) is 17.8 Å². The second-order valence-electron chi connectivity index (χ2n) is 6.45. The van der Waals surface area contributed by atoms with Crippen molar-refractivity contribution in [3.8, 4) is 0 Å². The van der Waals surface area contributed by atoms with Crippen molar-refractivity contribution in [2.75, 3.05) is 5.32 Å². The van der Waals surface area contributed by atoms with Crippen molar-refractivity contribution in [3.63, 3.8) is 0 Å². The highest BCUT2D eigenvalue weighted by molar-refractivity contribution is 7.98. The zero-order chi connectivity index (χ0) is 20.5. The number of H-pyrrole nitrogens is 1. The van der Waals surface area contributed by atoms with Gasteiger partial charge >= 0.3 is 0 Å². The zero-order valence-electron chi connectivity index (χ0n) is 14.8. The van der Waals surface area contributed by atoms with E-state index in [2.05, 4.69) is 15.3 Å². The Bertz CT molecular complexity index is 1150. The highest BCUT2D eigenvalue weighted by Gasteiger charge is 2.33. The summed E-state index contributed by atoms with van der Waals surface area (Å²) >= 11 is 13.8. The van der Waals surface area contributed by atoms with Gasteiger partial charge in [0.05, 0.1) is 5.56 Å². The van der Waals surface area contributed by atoms with Gasteiger partial charge in [0.15, 0.2) is 5.16 Å². The summed E-state index contributed by atoms with van der Waals surface area (Å²) in [7, 11) is 0. The molecule has 1 aliphatic rings. The van der Waals surface area contributed by atoms with Gasteiger partial charge in [-0.2, -0.15) is 0 Å². The minimum absolute atomic E-state index is 0.0307. The maximum atomic E-state index is 13.8. The number of amides is 1. The van der Waals surface area contributed by atoms with Gasteiger partial charge in [-0.1, -0.05) is 59.2 Å². The summed E-state index contributed by atoms with van der Waals surface area (Å²) in [5, 5.41) is 3.68. The van der Waals surface area contributed by atoms with Crippen LogP contribution in [0.4, 0.5) is 10.2 Å². The highest BCUT2D eigenvalue weighted by atomic mass is 35.5. The molecule has 1 aromatic heterocycles. The van der Waals surface area contributed by atoms with Gasteiger partial charge in [0.25, 0.3) is 5.56 Å². The number of thioether (sulfide) groups is 1. The first-order chi connectivity index (χ1) is 13.9. The number of aromatic amines is 1. The molecule has 2 N–H and O–H groups in total. The fraction of sp³-hybridized carbons (Fsp3) is 0.150. The van der Waals surface area contributed by atoms with Crippen LogP contribution in [0.15, 0.2) is 52.4 Å². The molecule has 0 spiro atoms. The molecule has 0 saturated carbocycles. The van der Waals surface area contributed by atoms with Gasteiger partial charge in [0.1, 0.15) is 11.6 Å². The Morgan fingerprint density at radius 3 is 2.52 bits per heavy atom. The van der Waals surface area contributed by atoms with Crippen molar-refractivity contribution < 1.29 is 9.18 Å². The number of nitrogens with one attached hydrogen (secondary N) is 2. The molecule has 3 aromatic rings. The van der Waals surface area contributed by atoms with Crippen LogP contribution in [0.5, 0.6) is 0 Å². The third-order valence-corrected chi connectivity index (χ3v) is 6.18. The molecular formula is C20H14Cl2FN3O2S. The first-order valence-electron chi connectivity index (χ1n) is 8.68. The molecule has 1 atom stereocenters. The standard InChI is InChI=1S/C20H14Cl2FN3O2S/c21-12-5-3-6-13(22)16(12)11-8-15(27)24-18-17(11)19(28)26-20(25-18)29-9-10-4-1-2-7-14(10)23/h1-7,11H,8-9H2,(H2,24,25,26,27,28). The molecule has 2 heterocycles. The minimum Gasteiger partial charge on any atom is -0.310 e. The SMILES string of the molecule is O=C1CC(c2c(Cl)cccc2Cl)c2c(nc(SCc3ccccc3F)[nH]c2=O)N1. The monoisotopic (exact) mass is 449 g/mol. The molecular weight excluding hydrogens is 436 g/mol. The van der Waals surface area contributed by atoms with E-state index in [9.17, 15) is 14.0 Å². The first-order valence-corrected chi connectivity index (χ1v) is 10.4. The van der Waals surface area contributed by atoms with Crippen LogP contribution < -0.4 is 10.9 Å². The summed E-state index contributed by atoms with van der Waals surface area (Å²) in [6.07, 6.45) is 0.0307. The number of carbonyl (C=O) groups is 1. The molecule has 4 rings (SSSR count). The third-order valence-electron chi connectivity index (χ3n) is 4.60. The Kier molecular flexibility index (Phi) is 5.63. The van der Waals surface area contributed by atoms with Crippen LogP contribution in [0.2, 0.25) is 10.0 Å². The van der Waals surface area contributed by atoms with Crippen molar-refractivity contribution >= 4 is 46.7 Å². The molecule has 0 aliphatic carbocycles. The van der Waals surface area contributed by atoms with E-state index < -0.39 is 11.5 Å². The molecule has 0 radical (unpaired) electrons. The van der Waals surface area contributed by atoms with Gasteiger partial charge in [0, 0.05) is 28.1 Å². The molecule has 0 bridgehead atoms. The van der Waals surface area contributed by atoms with Crippen LogP contribution >= 0.6 is 35.0 Å². The summed E-state index contributed by atoms with van der Waals surface area (Å²) in [5.74, 6) is -0.783. The maximum Gasteiger partial charge on any atom is 0.257 e. The Hall–Kier alpha value is -2.35. The Morgan fingerprint density at radius 1 is 1.07 bits per heavy atom. The second-order valence-corrected chi connectivity index (χ2v) is 8.23. The van der Waals surface area contributed by atoms with Gasteiger partial charge in [-0.25, -0.2) is 9.37 Å². The molecule has 29 heavy (non-hydrogen) atoms. The van der Waals surface area contributed by atoms with E-state index in [1.807, 2.05) is 0 Å². The van der Waals surface area contributed by atoms with E-state index >= 15 is 0 Å². The fourth-order valence-corrected chi connectivity index (χ4v) is 4.78. The number of nitrogens with zero attached hydrogens (tertiary/aromatic N) is 1. The van der Waals surface area contributed by atoms with Crippen LogP contribution in [0, 0.1) is 5.82 Å². The minimum atomic E-state index is -0.609. The molecule has 9 heteroatoms. The summed E-state index contributed by atoms with van der Waals surface area (Å²) in [5.41, 5.74) is 0.912. The van der Waals surface area contributed by atoms with E-state index in [1.54, 1.807) is 36.4 Å². The smallest absolute Gasteiger partial charge is 0.257 e. The van der Waals surface area contributed by atoms with E-state index in [0.29, 0.717) is 26.7 Å². The average molecular weight is 450 g/mol. The molecule has 1 unspecified atom stereocenters. The summed E-state index contributed by atoms with van der Waals surface area (Å²) in [4.78, 5) is 32.2. The Balaban J connectivity index is 1.71. The number of halogens is 3. The number of rotatable bonds is 4. The van der Waals surface area contributed by atoms with Gasteiger partial charge in [-0.3, -0.25) is 9.59 Å². The highest BCUT2D eigenvalue weighted by Crippen LogP contribution is 2.41. The lowest BCUT2D eigenvalue weighted by Crippen LogP contribution is -2.31. The topological polar surface area (TPSA) is 74.8 Å². The summed E-state index contributed by atoms with van der Waals surface area (Å²) < 4.78 is 13.8. The zero-order valence-corrected chi connectivity index (χ0v) is 17.2. The number of hydrogen-bond acceptors (Lipinski definition) is 4. The van der Waals surface area contributed by atoms with Crippen LogP contribution in [0.3, 0.4) is 0 Å². The number of aromatic nitrogens is 2. The van der Waals surface area contributed by atoms with Crippen molar-refractivity contribution in [2.24, 2.45) is 0 Å². The van der Waals surface area contributed by atoms with Gasteiger partial charge < -0.3 is 10.3 Å². The molecule has 0 saturated heterocycles. The number of anilines is 1. The van der Waals surface area contributed by atoms with Crippen LogP contribution in [-0.2, 0) is 10.5 Å². The number of benzene rings is 2. The van der Waals surface area contributed by atoms with Gasteiger partial charge in [0.2, 0.25) is 5.91 Å². The lowest BCUT2D eigenvalue weighted by atomic mass is 9.87. The van der Waals surface area contributed by atoms with Crippen LogP contribution in [-0.4, -0.2) is 15.9 Å². The van der Waals surface area contributed by atoms with Crippen LogP contribution in [0.25, 0.3) is 0 Å².